The molecule has 0 atom stereocenters. The van der Waals surface area contributed by atoms with Crippen molar-refractivity contribution in [2.24, 2.45) is 5.92 Å². The third kappa shape index (κ3) is 8.18. The number of nitrogens with zero attached hydrogens (tertiary/aromatic N) is 1. The predicted octanol–water partition coefficient (Wildman–Crippen LogP) is 0.461. The number of carbonyl (C=O) groups excluding carboxylic acids is 1. The van der Waals surface area contributed by atoms with Gasteiger partial charge in [-0.25, -0.2) is 0 Å². The van der Waals surface area contributed by atoms with E-state index in [9.17, 15) is 4.79 Å². The molecule has 2 N–H and O–H groups in total. The third-order valence-corrected chi connectivity index (χ3v) is 3.70. The summed E-state index contributed by atoms with van der Waals surface area (Å²) in [5.74, 6) is 0.910. The average molecular weight is 271 g/mol. The van der Waals surface area contributed by atoms with Crippen LogP contribution < -0.4 is 10.6 Å². The Balaban J connectivity index is 1.91. The Morgan fingerprint density at radius 3 is 2.74 bits per heavy atom. The van der Waals surface area contributed by atoms with Gasteiger partial charge in [0.05, 0.1) is 6.54 Å². The van der Waals surface area contributed by atoms with Crippen molar-refractivity contribution in [3.63, 3.8) is 0 Å². The number of methoxy groups -OCH3 is 1. The molecule has 5 nitrogen and oxygen atoms in total. The second-order valence-electron chi connectivity index (χ2n) is 5.41. The van der Waals surface area contributed by atoms with E-state index in [4.69, 9.17) is 4.74 Å². The van der Waals surface area contributed by atoms with Crippen LogP contribution in [0.25, 0.3) is 0 Å². The fourth-order valence-corrected chi connectivity index (χ4v) is 2.37. The predicted molar refractivity (Wildman–Crippen MR) is 77.2 cm³/mol. The second-order valence-corrected chi connectivity index (χ2v) is 5.41. The molecule has 0 spiro atoms. The topological polar surface area (TPSA) is 53.6 Å². The van der Waals surface area contributed by atoms with Crippen molar-refractivity contribution < 1.29 is 9.53 Å². The Bertz CT molecular complexity index is 241. The summed E-state index contributed by atoms with van der Waals surface area (Å²) in [6, 6.07) is 0. The molecule has 1 saturated heterocycles. The Morgan fingerprint density at radius 1 is 1.32 bits per heavy atom. The van der Waals surface area contributed by atoms with Gasteiger partial charge in [-0.2, -0.15) is 0 Å². The lowest BCUT2D eigenvalue weighted by Crippen LogP contribution is -2.36. The lowest BCUT2D eigenvalue weighted by molar-refractivity contribution is -0.120. The van der Waals surface area contributed by atoms with Crippen LogP contribution in [-0.2, 0) is 9.53 Å². The Morgan fingerprint density at radius 2 is 2.05 bits per heavy atom. The van der Waals surface area contributed by atoms with E-state index in [0.717, 1.165) is 18.9 Å². The van der Waals surface area contributed by atoms with Crippen molar-refractivity contribution in [3.8, 4) is 0 Å². The number of piperidine rings is 1. The molecule has 1 aliphatic heterocycles. The zero-order valence-electron chi connectivity index (χ0n) is 12.4. The van der Waals surface area contributed by atoms with Gasteiger partial charge in [-0.15, -0.1) is 0 Å². The van der Waals surface area contributed by atoms with Gasteiger partial charge in [-0.3, -0.25) is 4.79 Å². The maximum Gasteiger partial charge on any atom is 0.233 e. The quantitative estimate of drug-likeness (QED) is 0.598. The zero-order valence-corrected chi connectivity index (χ0v) is 12.4. The highest BCUT2D eigenvalue weighted by Crippen LogP contribution is 2.18. The van der Waals surface area contributed by atoms with Crippen LogP contribution in [-0.4, -0.2) is 64.3 Å². The first-order valence-electron chi connectivity index (χ1n) is 7.37. The van der Waals surface area contributed by atoms with Gasteiger partial charge in [0.15, 0.2) is 0 Å². The van der Waals surface area contributed by atoms with Crippen molar-refractivity contribution in [3.05, 3.63) is 0 Å². The van der Waals surface area contributed by atoms with Gasteiger partial charge < -0.3 is 20.3 Å². The highest BCUT2D eigenvalue weighted by molar-refractivity contribution is 5.77. The van der Waals surface area contributed by atoms with Crippen LogP contribution >= 0.6 is 0 Å². The lowest BCUT2D eigenvalue weighted by Gasteiger charge is -2.28. The fourth-order valence-electron chi connectivity index (χ4n) is 2.37. The first kappa shape index (κ1) is 16.4. The minimum Gasteiger partial charge on any atom is -0.385 e. The molecule has 0 aromatic heterocycles. The van der Waals surface area contributed by atoms with Gasteiger partial charge in [-0.1, -0.05) is 0 Å². The minimum absolute atomic E-state index is 0.0829. The molecule has 1 rings (SSSR count). The largest absolute Gasteiger partial charge is 0.385 e. The zero-order chi connectivity index (χ0) is 13.9. The number of rotatable bonds is 9. The maximum absolute atomic E-state index is 11.5. The number of ether oxygens (including phenoxy) is 1. The van der Waals surface area contributed by atoms with E-state index < -0.39 is 0 Å². The standard InChI is InChI=1S/C14H29N3O2/c1-17-9-5-13(6-10-17)4-8-15-12-14(18)16-7-3-11-19-2/h13,15H,3-12H2,1-2H3,(H,16,18). The van der Waals surface area contributed by atoms with Crippen molar-refractivity contribution in [2.75, 3.05) is 53.5 Å². The number of hydrogen-bond acceptors (Lipinski definition) is 4. The highest BCUT2D eigenvalue weighted by atomic mass is 16.5. The summed E-state index contributed by atoms with van der Waals surface area (Å²) in [6.45, 7) is 5.20. The molecule has 0 radical (unpaired) electrons. The summed E-state index contributed by atoms with van der Waals surface area (Å²) in [5.41, 5.74) is 0. The number of amides is 1. The summed E-state index contributed by atoms with van der Waals surface area (Å²) in [4.78, 5) is 13.9. The number of carbonyl (C=O) groups is 1. The molecule has 0 aliphatic carbocycles. The summed E-state index contributed by atoms with van der Waals surface area (Å²) in [6.07, 6.45) is 4.64. The molecule has 0 aromatic carbocycles. The molecule has 0 bridgehead atoms. The number of hydrogen-bond donors (Lipinski definition) is 2. The van der Waals surface area contributed by atoms with Crippen molar-refractivity contribution in [2.45, 2.75) is 25.7 Å². The molecule has 1 aliphatic rings. The molecule has 1 fully saturated rings. The molecule has 0 aromatic rings. The lowest BCUT2D eigenvalue weighted by atomic mass is 9.94. The normalized spacial score (nSPS) is 17.6. The van der Waals surface area contributed by atoms with E-state index in [0.29, 0.717) is 19.7 Å². The number of likely N-dealkylation sites (tertiary alicyclic amines) is 1. The van der Waals surface area contributed by atoms with Gasteiger partial charge in [0.1, 0.15) is 0 Å². The molecule has 0 unspecified atom stereocenters. The molecular weight excluding hydrogens is 242 g/mol. The van der Waals surface area contributed by atoms with Crippen molar-refractivity contribution in [1.82, 2.24) is 15.5 Å². The van der Waals surface area contributed by atoms with E-state index in [1.807, 2.05) is 0 Å². The Labute approximate surface area is 117 Å². The smallest absolute Gasteiger partial charge is 0.233 e. The van der Waals surface area contributed by atoms with E-state index in [1.54, 1.807) is 7.11 Å². The van der Waals surface area contributed by atoms with Gasteiger partial charge in [-0.05, 0) is 58.3 Å². The molecule has 112 valence electrons. The van der Waals surface area contributed by atoms with Gasteiger partial charge in [0.2, 0.25) is 5.91 Å². The minimum atomic E-state index is 0.0829. The van der Waals surface area contributed by atoms with E-state index in [-0.39, 0.29) is 5.91 Å². The monoisotopic (exact) mass is 271 g/mol. The fraction of sp³-hybridized carbons (Fsp3) is 0.929. The van der Waals surface area contributed by atoms with Gasteiger partial charge in [0, 0.05) is 20.3 Å². The van der Waals surface area contributed by atoms with Gasteiger partial charge >= 0.3 is 0 Å². The van der Waals surface area contributed by atoms with Crippen molar-refractivity contribution in [1.29, 1.82) is 0 Å². The van der Waals surface area contributed by atoms with Crippen LogP contribution in [0.2, 0.25) is 0 Å². The highest BCUT2D eigenvalue weighted by Gasteiger charge is 2.15. The summed E-state index contributed by atoms with van der Waals surface area (Å²) >= 11 is 0. The molecular formula is C14H29N3O2. The maximum atomic E-state index is 11.5. The van der Waals surface area contributed by atoms with Crippen LogP contribution in [0.1, 0.15) is 25.7 Å². The van der Waals surface area contributed by atoms with E-state index >= 15 is 0 Å². The number of nitrogens with one attached hydrogen (secondary N) is 2. The first-order chi connectivity index (χ1) is 9.22. The summed E-state index contributed by atoms with van der Waals surface area (Å²) in [5, 5.41) is 6.10. The van der Waals surface area contributed by atoms with E-state index in [2.05, 4.69) is 22.6 Å². The molecule has 1 heterocycles. The summed E-state index contributed by atoms with van der Waals surface area (Å²) in [7, 11) is 3.86. The van der Waals surface area contributed by atoms with Crippen LogP contribution in [0.3, 0.4) is 0 Å². The van der Waals surface area contributed by atoms with E-state index in [1.165, 1.54) is 32.4 Å². The molecule has 19 heavy (non-hydrogen) atoms. The third-order valence-electron chi connectivity index (χ3n) is 3.70. The molecule has 5 heteroatoms. The second kappa shape index (κ2) is 10.2. The Hall–Kier alpha value is -0.650. The molecule has 0 saturated carbocycles. The van der Waals surface area contributed by atoms with Gasteiger partial charge in [0.25, 0.3) is 0 Å². The Kier molecular flexibility index (Phi) is 8.79. The summed E-state index contributed by atoms with van der Waals surface area (Å²) < 4.78 is 4.93. The van der Waals surface area contributed by atoms with Crippen LogP contribution in [0.5, 0.6) is 0 Å². The SMILES string of the molecule is COCCCNC(=O)CNCCC1CCN(C)CC1. The van der Waals surface area contributed by atoms with Crippen LogP contribution in [0.15, 0.2) is 0 Å². The average Bonchev–Trinajstić information content (AvgIpc) is 2.42. The first-order valence-corrected chi connectivity index (χ1v) is 7.37. The van der Waals surface area contributed by atoms with Crippen LogP contribution in [0.4, 0.5) is 0 Å². The molecule has 1 amide bonds. The van der Waals surface area contributed by atoms with Crippen molar-refractivity contribution >= 4 is 5.91 Å². The van der Waals surface area contributed by atoms with Crippen LogP contribution in [0, 0.1) is 5.92 Å².